The number of amides is 1. The predicted molar refractivity (Wildman–Crippen MR) is 81.8 cm³/mol. The molecule has 21 heavy (non-hydrogen) atoms. The van der Waals surface area contributed by atoms with Gasteiger partial charge in [-0.1, -0.05) is 0 Å². The molecule has 0 saturated heterocycles. The van der Waals surface area contributed by atoms with Crippen molar-refractivity contribution in [3.8, 4) is 5.75 Å². The van der Waals surface area contributed by atoms with E-state index in [9.17, 15) is 14.7 Å². The molecule has 6 heteroatoms. The Labute approximate surface area is 125 Å². The lowest BCUT2D eigenvalue weighted by molar-refractivity contribution is -0.111. The first-order valence-electron chi connectivity index (χ1n) is 6.07. The molecule has 1 aromatic heterocycles. The molecule has 0 fully saturated rings. The number of nitrogens with one attached hydrogen (secondary N) is 1. The van der Waals surface area contributed by atoms with Crippen LogP contribution in [0.15, 0.2) is 36.4 Å². The molecule has 0 bridgehead atoms. The van der Waals surface area contributed by atoms with Crippen molar-refractivity contribution in [2.75, 3.05) is 5.32 Å². The molecule has 0 atom stereocenters. The van der Waals surface area contributed by atoms with E-state index < -0.39 is 11.9 Å². The number of rotatable bonds is 4. The van der Waals surface area contributed by atoms with Crippen LogP contribution in [0.3, 0.4) is 0 Å². The van der Waals surface area contributed by atoms with E-state index >= 15 is 0 Å². The maximum atomic E-state index is 11.8. The van der Waals surface area contributed by atoms with Crippen molar-refractivity contribution in [1.29, 1.82) is 0 Å². The molecule has 2 rings (SSSR count). The van der Waals surface area contributed by atoms with E-state index in [0.29, 0.717) is 0 Å². The highest BCUT2D eigenvalue weighted by Crippen LogP contribution is 2.21. The molecule has 3 N–H and O–H groups in total. The van der Waals surface area contributed by atoms with Crippen molar-refractivity contribution >= 4 is 35.0 Å². The van der Waals surface area contributed by atoms with Crippen LogP contribution in [0.2, 0.25) is 0 Å². The number of aromatic hydroxyl groups is 1. The van der Waals surface area contributed by atoms with Gasteiger partial charge in [-0.15, -0.1) is 11.3 Å². The first-order chi connectivity index (χ1) is 9.95. The number of thiophene rings is 1. The third-order valence-corrected chi connectivity index (χ3v) is 3.62. The second-order valence-corrected chi connectivity index (χ2v) is 5.63. The van der Waals surface area contributed by atoms with Gasteiger partial charge in [0.1, 0.15) is 5.75 Å². The zero-order valence-electron chi connectivity index (χ0n) is 11.2. The Balaban J connectivity index is 2.13. The Morgan fingerprint density at radius 3 is 2.62 bits per heavy atom. The number of hydrogen-bond donors (Lipinski definition) is 3. The molecular formula is C15H13NO4S. The molecule has 1 amide bonds. The lowest BCUT2D eigenvalue weighted by Gasteiger charge is -2.06. The van der Waals surface area contributed by atoms with Gasteiger partial charge in [0.2, 0.25) is 5.91 Å². The standard InChI is InChI=1S/C15H13NO4S/c1-9-2-4-11(21-9)5-7-14(18)16-13-6-3-10(17)8-12(13)15(19)20/h2-8,17H,1H3,(H,16,18)(H,19,20). The maximum absolute atomic E-state index is 11.8. The number of aryl methyl sites for hydroxylation is 1. The number of benzene rings is 1. The quantitative estimate of drug-likeness (QED) is 0.598. The number of carboxylic acids is 1. The summed E-state index contributed by atoms with van der Waals surface area (Å²) < 4.78 is 0. The molecule has 1 aromatic carbocycles. The average molecular weight is 303 g/mol. The summed E-state index contributed by atoms with van der Waals surface area (Å²) in [4.78, 5) is 24.9. The van der Waals surface area contributed by atoms with Crippen molar-refractivity contribution < 1.29 is 19.8 Å². The largest absolute Gasteiger partial charge is 0.508 e. The summed E-state index contributed by atoms with van der Waals surface area (Å²) in [6.45, 7) is 1.97. The van der Waals surface area contributed by atoms with Crippen LogP contribution in [0.4, 0.5) is 5.69 Å². The fourth-order valence-corrected chi connectivity index (χ4v) is 2.47. The molecule has 108 valence electrons. The zero-order chi connectivity index (χ0) is 15.4. The second kappa shape index (κ2) is 6.23. The minimum absolute atomic E-state index is 0.136. The summed E-state index contributed by atoms with van der Waals surface area (Å²) in [6, 6.07) is 7.59. The number of carbonyl (C=O) groups is 2. The number of carbonyl (C=O) groups excluding carboxylic acids is 1. The Morgan fingerprint density at radius 2 is 2.00 bits per heavy atom. The topological polar surface area (TPSA) is 86.6 Å². The Hall–Kier alpha value is -2.60. The molecule has 2 aromatic rings. The maximum Gasteiger partial charge on any atom is 0.337 e. The van der Waals surface area contributed by atoms with E-state index in [4.69, 9.17) is 5.11 Å². The smallest absolute Gasteiger partial charge is 0.337 e. The SMILES string of the molecule is Cc1ccc(C=CC(=O)Nc2ccc(O)cc2C(=O)O)s1. The van der Waals surface area contributed by atoms with Crippen molar-refractivity contribution in [3.05, 3.63) is 51.7 Å². The fraction of sp³-hybridized carbons (Fsp3) is 0.0667. The van der Waals surface area contributed by atoms with Gasteiger partial charge < -0.3 is 15.5 Å². The summed E-state index contributed by atoms with van der Waals surface area (Å²) in [5.74, 6) is -1.83. The number of aromatic carboxylic acids is 1. The van der Waals surface area contributed by atoms with Crippen LogP contribution in [0.25, 0.3) is 6.08 Å². The highest BCUT2D eigenvalue weighted by atomic mass is 32.1. The monoisotopic (exact) mass is 303 g/mol. The number of anilines is 1. The van der Waals surface area contributed by atoms with E-state index in [1.807, 2.05) is 19.1 Å². The summed E-state index contributed by atoms with van der Waals surface area (Å²) in [6.07, 6.45) is 3.00. The van der Waals surface area contributed by atoms with Gasteiger partial charge in [0.25, 0.3) is 0 Å². The van der Waals surface area contributed by atoms with E-state index in [1.54, 1.807) is 17.4 Å². The number of carboxylic acid groups (broad SMARTS) is 1. The van der Waals surface area contributed by atoms with Gasteiger partial charge in [-0.05, 0) is 43.3 Å². The van der Waals surface area contributed by atoms with Crippen LogP contribution < -0.4 is 5.32 Å². The normalized spacial score (nSPS) is 10.7. The molecule has 0 spiro atoms. The van der Waals surface area contributed by atoms with Crippen LogP contribution in [-0.4, -0.2) is 22.1 Å². The minimum Gasteiger partial charge on any atom is -0.508 e. The van der Waals surface area contributed by atoms with Gasteiger partial charge >= 0.3 is 5.97 Å². The lowest BCUT2D eigenvalue weighted by atomic mass is 10.1. The van der Waals surface area contributed by atoms with Crippen LogP contribution >= 0.6 is 11.3 Å². The minimum atomic E-state index is -1.22. The third-order valence-electron chi connectivity index (χ3n) is 2.65. The van der Waals surface area contributed by atoms with Crippen LogP contribution in [-0.2, 0) is 4.79 Å². The van der Waals surface area contributed by atoms with Gasteiger partial charge in [-0.2, -0.15) is 0 Å². The van der Waals surface area contributed by atoms with Gasteiger partial charge in [-0.3, -0.25) is 4.79 Å². The predicted octanol–water partition coefficient (Wildman–Crippen LogP) is 3.11. The van der Waals surface area contributed by atoms with Gasteiger partial charge in [-0.25, -0.2) is 4.79 Å². The number of hydrogen-bond acceptors (Lipinski definition) is 4. The first kappa shape index (κ1) is 14.8. The molecular weight excluding hydrogens is 290 g/mol. The van der Waals surface area contributed by atoms with Crippen LogP contribution in [0.5, 0.6) is 5.75 Å². The highest BCUT2D eigenvalue weighted by Gasteiger charge is 2.12. The van der Waals surface area contributed by atoms with Gasteiger partial charge in [0.15, 0.2) is 0 Å². The first-order valence-corrected chi connectivity index (χ1v) is 6.89. The van der Waals surface area contributed by atoms with E-state index in [0.717, 1.165) is 15.8 Å². The summed E-state index contributed by atoms with van der Waals surface area (Å²) >= 11 is 1.55. The van der Waals surface area contributed by atoms with E-state index in [2.05, 4.69) is 5.32 Å². The number of phenols is 1. The summed E-state index contributed by atoms with van der Waals surface area (Å²) in [7, 11) is 0. The van der Waals surface area contributed by atoms with E-state index in [1.165, 1.54) is 18.2 Å². The third kappa shape index (κ3) is 3.93. The molecule has 0 radical (unpaired) electrons. The van der Waals surface area contributed by atoms with Crippen LogP contribution in [0.1, 0.15) is 20.1 Å². The lowest BCUT2D eigenvalue weighted by Crippen LogP contribution is -2.11. The summed E-state index contributed by atoms with van der Waals surface area (Å²) in [5.41, 5.74) is -0.0268. The van der Waals surface area contributed by atoms with Gasteiger partial charge in [0, 0.05) is 15.8 Å². The zero-order valence-corrected chi connectivity index (χ0v) is 12.0. The van der Waals surface area contributed by atoms with Crippen molar-refractivity contribution in [2.45, 2.75) is 6.92 Å². The molecule has 0 aliphatic heterocycles. The van der Waals surface area contributed by atoms with E-state index in [-0.39, 0.29) is 17.0 Å². The Kier molecular flexibility index (Phi) is 4.39. The summed E-state index contributed by atoms with van der Waals surface area (Å²) in [5, 5.41) is 20.8. The Morgan fingerprint density at radius 1 is 1.24 bits per heavy atom. The van der Waals surface area contributed by atoms with Crippen molar-refractivity contribution in [3.63, 3.8) is 0 Å². The molecule has 1 heterocycles. The average Bonchev–Trinajstić information content (AvgIpc) is 2.84. The Bertz CT molecular complexity index is 718. The fourth-order valence-electron chi connectivity index (χ4n) is 1.69. The highest BCUT2D eigenvalue weighted by molar-refractivity contribution is 7.12. The molecule has 0 aliphatic carbocycles. The van der Waals surface area contributed by atoms with Gasteiger partial charge in [0.05, 0.1) is 11.3 Å². The molecule has 0 aliphatic rings. The van der Waals surface area contributed by atoms with Crippen LogP contribution in [0, 0.1) is 6.92 Å². The van der Waals surface area contributed by atoms with Crippen molar-refractivity contribution in [1.82, 2.24) is 0 Å². The second-order valence-electron chi connectivity index (χ2n) is 4.31. The number of phenolic OH excluding ortho intramolecular Hbond substituents is 1. The van der Waals surface area contributed by atoms with Crippen molar-refractivity contribution in [2.24, 2.45) is 0 Å². The molecule has 0 saturated carbocycles. The molecule has 0 unspecified atom stereocenters. The molecule has 5 nitrogen and oxygen atoms in total.